The van der Waals surface area contributed by atoms with Gasteiger partial charge in [0.15, 0.2) is 0 Å². The molecule has 0 saturated heterocycles. The van der Waals surface area contributed by atoms with Crippen LogP contribution in [-0.2, 0) is 46.8 Å². The van der Waals surface area contributed by atoms with E-state index in [0.717, 1.165) is 11.4 Å². The van der Waals surface area contributed by atoms with Gasteiger partial charge in [-0.3, -0.25) is 9.11 Å². The number of halogens is 6. The monoisotopic (exact) mass is 692 g/mol. The van der Waals surface area contributed by atoms with Crippen molar-refractivity contribution in [3.05, 3.63) is 29.6 Å². The van der Waals surface area contributed by atoms with Crippen molar-refractivity contribution < 1.29 is 78.8 Å². The zero-order chi connectivity index (χ0) is 31.5. The number of nitrogens with zero attached hydrogens (tertiary/aromatic N) is 3. The van der Waals surface area contributed by atoms with Gasteiger partial charge in [-0.15, -0.1) is 0 Å². The smallest absolute Gasteiger partial charge is 0.474 e. The maximum atomic E-state index is 10.7. The predicted octanol–water partition coefficient (Wildman–Crippen LogP) is 4.25. The van der Waals surface area contributed by atoms with E-state index < -0.39 is 31.3 Å². The summed E-state index contributed by atoms with van der Waals surface area (Å²) < 4.78 is 127. The quantitative estimate of drug-likeness (QED) is 0.200. The number of aromatic nitrogens is 1. The van der Waals surface area contributed by atoms with Crippen LogP contribution in [0, 0.1) is 10.8 Å². The van der Waals surface area contributed by atoms with Gasteiger partial charge in [0.1, 0.15) is 24.6 Å². The van der Waals surface area contributed by atoms with Gasteiger partial charge in [-0.05, 0) is 23.0 Å². The van der Waals surface area contributed by atoms with Crippen LogP contribution in [0.2, 0.25) is 0 Å². The van der Waals surface area contributed by atoms with Crippen LogP contribution >= 0.6 is 0 Å². The Morgan fingerprint density at radius 1 is 0.707 bits per heavy atom. The van der Waals surface area contributed by atoms with Crippen molar-refractivity contribution in [1.29, 1.82) is 0 Å². The Morgan fingerprint density at radius 3 is 1.17 bits per heavy atom. The van der Waals surface area contributed by atoms with E-state index in [9.17, 15) is 26.3 Å². The Hall–Kier alpha value is -1.99. The minimum atomic E-state index is -5.84. The second-order valence-corrected chi connectivity index (χ2v) is 13.3. The van der Waals surface area contributed by atoms with E-state index in [4.69, 9.17) is 45.4 Å². The molecule has 2 atom stereocenters. The second-order valence-electron chi connectivity index (χ2n) is 10.5. The first-order valence-electron chi connectivity index (χ1n) is 11.1. The zero-order valence-corrected chi connectivity index (χ0v) is 24.9. The Bertz CT molecular complexity index is 1220. The summed E-state index contributed by atoms with van der Waals surface area (Å²) in [6.07, 6.45) is 0. The molecule has 1 aromatic rings. The molecule has 1 aromatic heterocycles. The van der Waals surface area contributed by atoms with E-state index in [1.807, 2.05) is 18.2 Å². The molecule has 0 unspecified atom stereocenters. The number of rotatable bonds is 2. The largest absolute Gasteiger partial charge is 0.522 e. The molecule has 3 heterocycles. The average molecular weight is 693 g/mol. The third-order valence-corrected chi connectivity index (χ3v) is 6.24. The van der Waals surface area contributed by atoms with E-state index in [1.165, 1.54) is 0 Å². The molecule has 2 aliphatic rings. The van der Waals surface area contributed by atoms with E-state index in [2.05, 4.69) is 46.5 Å². The van der Waals surface area contributed by atoms with Crippen molar-refractivity contribution >= 4 is 32.0 Å². The summed E-state index contributed by atoms with van der Waals surface area (Å²) >= 11 is 0. The Morgan fingerprint density at radius 2 is 0.976 bits per heavy atom. The molecular formula is C21H29CuF6N3O8S2. The molecule has 0 spiro atoms. The molecule has 0 saturated carbocycles. The van der Waals surface area contributed by atoms with E-state index >= 15 is 0 Å². The fraction of sp³-hybridized carbons (Fsp3) is 0.667. The number of aliphatic imine (C=N–C) groups is 2. The Balaban J connectivity index is 0.000000781. The summed E-state index contributed by atoms with van der Waals surface area (Å²) in [6, 6.07) is 6.10. The van der Waals surface area contributed by atoms with Crippen LogP contribution in [0.3, 0.4) is 0 Å². The average Bonchev–Trinajstić information content (AvgIpc) is 3.42. The van der Waals surface area contributed by atoms with Gasteiger partial charge in [-0.1, -0.05) is 47.6 Å². The second kappa shape index (κ2) is 13.5. The third-order valence-electron chi connectivity index (χ3n) is 5.07. The van der Waals surface area contributed by atoms with Crippen LogP contribution in [0.15, 0.2) is 28.2 Å². The van der Waals surface area contributed by atoms with Gasteiger partial charge in [-0.25, -0.2) is 15.0 Å². The Labute approximate surface area is 243 Å². The molecule has 0 bridgehead atoms. The summed E-state index contributed by atoms with van der Waals surface area (Å²) in [5.41, 5.74) is -9.43. The van der Waals surface area contributed by atoms with Gasteiger partial charge in [0.05, 0.1) is 12.1 Å². The number of alkyl halides is 6. The SMILES string of the molecule is CC(C)(C)[C@H]1COC(c2cccc(C3=N[C@@H](C(C)(C)C)CO3)n2)=N1.O=S(=O)(O)C(F)(F)F.O=S(=O)(O)C(F)(F)F.[Cu]. The molecule has 0 amide bonds. The first-order chi connectivity index (χ1) is 17.6. The van der Waals surface area contributed by atoms with Crippen LogP contribution < -0.4 is 0 Å². The van der Waals surface area contributed by atoms with Gasteiger partial charge in [0.25, 0.3) is 0 Å². The van der Waals surface area contributed by atoms with Gasteiger partial charge >= 0.3 is 31.3 Å². The molecule has 41 heavy (non-hydrogen) atoms. The first kappa shape index (κ1) is 39.0. The maximum absolute atomic E-state index is 10.7. The fourth-order valence-corrected chi connectivity index (χ4v) is 2.59. The van der Waals surface area contributed by atoms with Crippen molar-refractivity contribution in [2.45, 2.75) is 64.6 Å². The number of hydrogen-bond acceptors (Lipinski definition) is 9. The molecule has 0 fully saturated rings. The van der Waals surface area contributed by atoms with E-state index in [0.29, 0.717) is 25.0 Å². The summed E-state index contributed by atoms with van der Waals surface area (Å²) in [4.78, 5) is 14.1. The van der Waals surface area contributed by atoms with Crippen LogP contribution in [0.5, 0.6) is 0 Å². The van der Waals surface area contributed by atoms with Gasteiger partial charge in [0, 0.05) is 17.1 Å². The molecule has 1 radical (unpaired) electrons. The fourth-order valence-electron chi connectivity index (χ4n) is 2.59. The third kappa shape index (κ3) is 12.0. The van der Waals surface area contributed by atoms with Crippen molar-refractivity contribution in [2.24, 2.45) is 20.8 Å². The van der Waals surface area contributed by atoms with Gasteiger partial charge in [-0.2, -0.15) is 43.2 Å². The van der Waals surface area contributed by atoms with Crippen molar-refractivity contribution in [2.75, 3.05) is 13.2 Å². The molecular weight excluding hydrogens is 664 g/mol. The normalized spacial score (nSPS) is 19.7. The van der Waals surface area contributed by atoms with Crippen LogP contribution in [0.25, 0.3) is 0 Å². The van der Waals surface area contributed by atoms with Gasteiger partial charge in [0.2, 0.25) is 11.8 Å². The maximum Gasteiger partial charge on any atom is 0.522 e. The number of pyridine rings is 1. The predicted molar refractivity (Wildman–Crippen MR) is 131 cm³/mol. The Kier molecular flexibility index (Phi) is 12.9. The van der Waals surface area contributed by atoms with E-state index in [1.54, 1.807) is 0 Å². The van der Waals surface area contributed by atoms with Crippen LogP contribution in [-0.4, -0.2) is 79.0 Å². The molecule has 2 aliphatic heterocycles. The van der Waals surface area contributed by atoms with Gasteiger partial charge < -0.3 is 9.47 Å². The summed E-state index contributed by atoms with van der Waals surface area (Å²) in [5, 5.41) is 0. The standard InChI is InChI=1S/C19H27N3O2.2CHF3O3S.Cu/c1-18(2,3)14-10-23-16(21-14)12-8-7-9-13(20-12)17-22-15(11-24-17)19(4,5)6;2*2-1(3,4)8(5,6)7;/h7-9,14-15H,10-11H2,1-6H3;2*(H,5,6,7);/t14-,15-;;;/m1.../s1. The summed E-state index contributed by atoms with van der Waals surface area (Å²) in [5.74, 6) is 1.23. The molecule has 0 aliphatic carbocycles. The first-order valence-corrected chi connectivity index (χ1v) is 14.0. The minimum Gasteiger partial charge on any atom is -0.474 e. The zero-order valence-electron chi connectivity index (χ0n) is 22.4. The summed E-state index contributed by atoms with van der Waals surface area (Å²) in [7, 11) is -11.7. The summed E-state index contributed by atoms with van der Waals surface area (Å²) in [6.45, 7) is 14.2. The van der Waals surface area contributed by atoms with Crippen LogP contribution in [0.1, 0.15) is 52.9 Å². The molecule has 11 nitrogen and oxygen atoms in total. The topological polar surface area (TPSA) is 165 Å². The molecule has 3 rings (SSSR count). The molecule has 20 heteroatoms. The number of ether oxygens (including phenoxy) is 2. The van der Waals surface area contributed by atoms with Crippen LogP contribution in [0.4, 0.5) is 26.3 Å². The van der Waals surface area contributed by atoms with Crippen molar-refractivity contribution in [1.82, 2.24) is 4.98 Å². The molecule has 241 valence electrons. The molecule has 0 aromatic carbocycles. The van der Waals surface area contributed by atoms with Crippen molar-refractivity contribution in [3.8, 4) is 0 Å². The van der Waals surface area contributed by atoms with E-state index in [-0.39, 0.29) is 40.0 Å². The molecule has 2 N–H and O–H groups in total. The van der Waals surface area contributed by atoms with Crippen molar-refractivity contribution in [3.63, 3.8) is 0 Å². The number of hydrogen-bond donors (Lipinski definition) is 2. The minimum absolute atomic E-state index is 0.